The summed E-state index contributed by atoms with van der Waals surface area (Å²) in [4.78, 5) is 23.8. The number of nitrogens with one attached hydrogen (secondary N) is 1. The molecule has 23 heavy (non-hydrogen) atoms. The molecule has 3 rings (SSSR count). The topological polar surface area (TPSA) is 75.6 Å². The average Bonchev–Trinajstić information content (AvgIpc) is 2.48. The summed E-state index contributed by atoms with van der Waals surface area (Å²) < 4.78 is 5.86. The Morgan fingerprint density at radius 1 is 1.13 bits per heavy atom. The van der Waals surface area contributed by atoms with Crippen molar-refractivity contribution in [3.8, 4) is 0 Å². The second-order valence-electron chi connectivity index (χ2n) is 8.38. The highest BCUT2D eigenvalue weighted by Gasteiger charge is 2.51. The molecule has 5 heteroatoms. The van der Waals surface area contributed by atoms with Crippen LogP contribution in [0.2, 0.25) is 0 Å². The normalized spacial score (nSPS) is 43.7. The van der Waals surface area contributed by atoms with Gasteiger partial charge in [-0.3, -0.25) is 9.59 Å². The number of hydrogen-bond acceptors (Lipinski definition) is 3. The zero-order valence-corrected chi connectivity index (χ0v) is 14.3. The van der Waals surface area contributed by atoms with Crippen molar-refractivity contribution >= 4 is 11.9 Å². The van der Waals surface area contributed by atoms with Gasteiger partial charge in [-0.2, -0.15) is 0 Å². The summed E-state index contributed by atoms with van der Waals surface area (Å²) >= 11 is 0. The number of carboxylic acids is 1. The molecule has 0 bridgehead atoms. The number of carboxylic acid groups (broad SMARTS) is 1. The van der Waals surface area contributed by atoms with E-state index in [4.69, 9.17) is 9.84 Å². The molecule has 3 aliphatic rings. The average molecular weight is 323 g/mol. The van der Waals surface area contributed by atoms with Gasteiger partial charge in [-0.1, -0.05) is 13.8 Å². The standard InChI is InChI=1S/C18H29NO4/c1-12-3-6-17(2,7-4-12)16(22)19-14-5-8-23-18(11-14)9-13(10-18)15(20)21/h12-14H,3-11H2,1-2H3,(H,19,22)(H,20,21). The smallest absolute Gasteiger partial charge is 0.306 e. The van der Waals surface area contributed by atoms with Gasteiger partial charge in [-0.15, -0.1) is 0 Å². The first-order chi connectivity index (χ1) is 10.8. The Hall–Kier alpha value is -1.10. The lowest BCUT2D eigenvalue weighted by atomic mass is 9.66. The van der Waals surface area contributed by atoms with Gasteiger partial charge in [0, 0.05) is 18.1 Å². The Kier molecular flexibility index (Phi) is 4.43. The zero-order valence-electron chi connectivity index (χ0n) is 14.3. The van der Waals surface area contributed by atoms with Gasteiger partial charge in [0.2, 0.25) is 5.91 Å². The van der Waals surface area contributed by atoms with Gasteiger partial charge in [0.25, 0.3) is 0 Å². The van der Waals surface area contributed by atoms with Crippen LogP contribution in [-0.2, 0) is 14.3 Å². The van der Waals surface area contributed by atoms with E-state index in [0.29, 0.717) is 19.4 Å². The number of hydrogen-bond donors (Lipinski definition) is 2. The number of ether oxygens (including phenoxy) is 1. The molecule has 1 heterocycles. The Morgan fingerprint density at radius 2 is 1.78 bits per heavy atom. The largest absolute Gasteiger partial charge is 0.481 e. The fourth-order valence-electron chi connectivity index (χ4n) is 4.43. The highest BCUT2D eigenvalue weighted by atomic mass is 16.5. The van der Waals surface area contributed by atoms with Crippen LogP contribution in [0.4, 0.5) is 0 Å². The molecule has 2 aliphatic carbocycles. The molecule has 1 unspecified atom stereocenters. The van der Waals surface area contributed by atoms with Crippen molar-refractivity contribution in [2.24, 2.45) is 17.3 Å². The van der Waals surface area contributed by atoms with Crippen molar-refractivity contribution in [2.75, 3.05) is 6.61 Å². The molecular formula is C18H29NO4. The Balaban J connectivity index is 1.54. The Bertz CT molecular complexity index is 475. The van der Waals surface area contributed by atoms with Gasteiger partial charge in [0.05, 0.1) is 11.5 Å². The van der Waals surface area contributed by atoms with E-state index in [9.17, 15) is 9.59 Å². The maximum atomic E-state index is 12.7. The third-order valence-electron chi connectivity index (χ3n) is 6.34. The van der Waals surface area contributed by atoms with Crippen LogP contribution < -0.4 is 5.32 Å². The molecule has 1 spiro atoms. The van der Waals surface area contributed by atoms with E-state index in [-0.39, 0.29) is 28.9 Å². The maximum absolute atomic E-state index is 12.7. The van der Waals surface area contributed by atoms with E-state index in [1.165, 1.54) is 0 Å². The molecule has 2 saturated carbocycles. The summed E-state index contributed by atoms with van der Waals surface area (Å²) in [5.74, 6) is -0.0956. The van der Waals surface area contributed by atoms with E-state index in [1.54, 1.807) is 0 Å². The van der Waals surface area contributed by atoms with Gasteiger partial charge < -0.3 is 15.2 Å². The molecule has 3 fully saturated rings. The summed E-state index contributed by atoms with van der Waals surface area (Å²) in [6.45, 7) is 4.97. The monoisotopic (exact) mass is 323 g/mol. The van der Waals surface area contributed by atoms with Crippen molar-refractivity contribution in [3.63, 3.8) is 0 Å². The summed E-state index contributed by atoms with van der Waals surface area (Å²) in [6, 6.07) is 0.127. The first-order valence-corrected chi connectivity index (χ1v) is 9.00. The zero-order chi connectivity index (χ0) is 16.7. The fraction of sp³-hybridized carbons (Fsp3) is 0.889. The number of rotatable bonds is 3. The highest BCUT2D eigenvalue weighted by molar-refractivity contribution is 5.82. The number of carbonyl (C=O) groups is 2. The van der Waals surface area contributed by atoms with E-state index in [1.807, 2.05) is 0 Å². The molecule has 1 saturated heterocycles. The first-order valence-electron chi connectivity index (χ1n) is 9.00. The minimum atomic E-state index is -0.728. The lowest BCUT2D eigenvalue weighted by Gasteiger charge is -2.50. The van der Waals surface area contributed by atoms with Gasteiger partial charge in [-0.05, 0) is 57.3 Å². The number of amides is 1. The van der Waals surface area contributed by atoms with Crippen molar-refractivity contribution in [2.45, 2.75) is 76.9 Å². The summed E-state index contributed by atoms with van der Waals surface area (Å²) in [5.41, 5.74) is -0.539. The summed E-state index contributed by atoms with van der Waals surface area (Å²) in [5, 5.41) is 12.3. The molecule has 5 nitrogen and oxygen atoms in total. The van der Waals surface area contributed by atoms with Gasteiger partial charge in [-0.25, -0.2) is 0 Å². The van der Waals surface area contributed by atoms with Crippen LogP contribution in [-0.4, -0.2) is 35.2 Å². The number of carbonyl (C=O) groups excluding carboxylic acids is 1. The predicted molar refractivity (Wildman–Crippen MR) is 85.9 cm³/mol. The van der Waals surface area contributed by atoms with Crippen molar-refractivity contribution in [1.82, 2.24) is 5.32 Å². The number of aliphatic carboxylic acids is 1. The summed E-state index contributed by atoms with van der Waals surface area (Å²) in [6.07, 6.45) is 6.95. The molecule has 2 N–H and O–H groups in total. The minimum absolute atomic E-state index is 0.127. The van der Waals surface area contributed by atoms with Crippen LogP contribution in [0.5, 0.6) is 0 Å². The first kappa shape index (κ1) is 16.7. The van der Waals surface area contributed by atoms with E-state index in [2.05, 4.69) is 19.2 Å². The molecule has 0 aromatic heterocycles. The quantitative estimate of drug-likeness (QED) is 0.837. The molecule has 0 aromatic rings. The van der Waals surface area contributed by atoms with Crippen molar-refractivity contribution < 1.29 is 19.4 Å². The lowest BCUT2D eigenvalue weighted by Crippen LogP contribution is -2.57. The second kappa shape index (κ2) is 6.08. The van der Waals surface area contributed by atoms with E-state index in [0.717, 1.165) is 44.4 Å². The van der Waals surface area contributed by atoms with Crippen LogP contribution in [0.3, 0.4) is 0 Å². The lowest BCUT2D eigenvalue weighted by molar-refractivity contribution is -0.182. The minimum Gasteiger partial charge on any atom is -0.481 e. The molecular weight excluding hydrogens is 294 g/mol. The SMILES string of the molecule is CC1CCC(C)(C(=O)NC2CCOC3(C2)CC(C(=O)O)C3)CC1. The molecule has 0 aromatic carbocycles. The van der Waals surface area contributed by atoms with Crippen LogP contribution in [0.1, 0.15) is 65.2 Å². The Labute approximate surface area is 138 Å². The highest BCUT2D eigenvalue weighted by Crippen LogP contribution is 2.47. The Morgan fingerprint density at radius 3 is 2.39 bits per heavy atom. The van der Waals surface area contributed by atoms with E-state index < -0.39 is 5.97 Å². The molecule has 1 amide bonds. The van der Waals surface area contributed by atoms with Crippen molar-refractivity contribution in [1.29, 1.82) is 0 Å². The van der Waals surface area contributed by atoms with E-state index >= 15 is 0 Å². The van der Waals surface area contributed by atoms with Crippen LogP contribution >= 0.6 is 0 Å². The molecule has 1 atom stereocenters. The third-order valence-corrected chi connectivity index (χ3v) is 6.34. The maximum Gasteiger partial charge on any atom is 0.306 e. The van der Waals surface area contributed by atoms with Crippen LogP contribution in [0.25, 0.3) is 0 Å². The third kappa shape index (κ3) is 3.39. The second-order valence-corrected chi connectivity index (χ2v) is 8.38. The molecule has 1 aliphatic heterocycles. The van der Waals surface area contributed by atoms with Gasteiger partial charge in [0.15, 0.2) is 0 Å². The summed E-state index contributed by atoms with van der Waals surface area (Å²) in [7, 11) is 0. The molecule has 130 valence electrons. The van der Waals surface area contributed by atoms with Gasteiger partial charge >= 0.3 is 5.97 Å². The molecule has 0 radical (unpaired) electrons. The van der Waals surface area contributed by atoms with Gasteiger partial charge in [0.1, 0.15) is 0 Å². The predicted octanol–water partition coefficient (Wildman–Crippen LogP) is 2.73. The van der Waals surface area contributed by atoms with Crippen LogP contribution in [0.15, 0.2) is 0 Å². The fourth-order valence-corrected chi connectivity index (χ4v) is 4.43. The van der Waals surface area contributed by atoms with Crippen molar-refractivity contribution in [3.05, 3.63) is 0 Å². The van der Waals surface area contributed by atoms with Crippen LogP contribution in [0, 0.1) is 17.3 Å².